The molecular formula is C15H16N2O3S. The van der Waals surface area contributed by atoms with Crippen molar-refractivity contribution in [3.8, 4) is 0 Å². The molecule has 1 aliphatic carbocycles. The van der Waals surface area contributed by atoms with E-state index in [4.69, 9.17) is 4.74 Å². The molecule has 1 fully saturated rings. The molecule has 1 heterocycles. The summed E-state index contributed by atoms with van der Waals surface area (Å²) >= 11 is 1.29. The molecule has 1 aromatic heterocycles. The second kappa shape index (κ2) is 5.83. The number of rotatable bonds is 4. The summed E-state index contributed by atoms with van der Waals surface area (Å²) in [6, 6.07) is 9.47. The van der Waals surface area contributed by atoms with Crippen LogP contribution in [0.3, 0.4) is 0 Å². The normalized spacial score (nSPS) is 16.0. The highest BCUT2D eigenvalue weighted by Gasteiger charge is 2.38. The quantitative estimate of drug-likeness (QED) is 0.909. The Bertz CT molecular complexity index is 623. The number of thiazole rings is 1. The van der Waals surface area contributed by atoms with Crippen LogP contribution in [0.5, 0.6) is 0 Å². The molecular weight excluding hydrogens is 288 g/mol. The van der Waals surface area contributed by atoms with Crippen molar-refractivity contribution in [3.05, 3.63) is 47.0 Å². The van der Waals surface area contributed by atoms with Crippen LogP contribution >= 0.6 is 11.3 Å². The van der Waals surface area contributed by atoms with Gasteiger partial charge < -0.3 is 9.84 Å². The molecule has 110 valence electrons. The van der Waals surface area contributed by atoms with E-state index in [9.17, 15) is 9.90 Å². The molecule has 2 aromatic rings. The van der Waals surface area contributed by atoms with Gasteiger partial charge in [-0.05, 0) is 24.8 Å². The minimum absolute atomic E-state index is 0.217. The summed E-state index contributed by atoms with van der Waals surface area (Å²) in [6.07, 6.45) is 3.62. The lowest BCUT2D eigenvalue weighted by Gasteiger charge is -2.35. The van der Waals surface area contributed by atoms with Crippen LogP contribution < -0.4 is 5.32 Å². The molecule has 21 heavy (non-hydrogen) atoms. The number of hydrogen-bond donors (Lipinski definition) is 2. The number of ether oxygens (including phenoxy) is 1. The summed E-state index contributed by atoms with van der Waals surface area (Å²) in [6.45, 7) is 0.217. The van der Waals surface area contributed by atoms with Crippen LogP contribution in [0.4, 0.5) is 9.93 Å². The zero-order valence-electron chi connectivity index (χ0n) is 11.4. The van der Waals surface area contributed by atoms with Crippen molar-refractivity contribution in [2.75, 3.05) is 5.32 Å². The summed E-state index contributed by atoms with van der Waals surface area (Å²) in [7, 11) is 0. The van der Waals surface area contributed by atoms with E-state index < -0.39 is 11.7 Å². The van der Waals surface area contributed by atoms with Crippen molar-refractivity contribution in [3.63, 3.8) is 0 Å². The van der Waals surface area contributed by atoms with Crippen molar-refractivity contribution in [1.82, 2.24) is 4.98 Å². The van der Waals surface area contributed by atoms with E-state index in [0.717, 1.165) is 29.7 Å². The monoisotopic (exact) mass is 304 g/mol. The second-order valence-electron chi connectivity index (χ2n) is 5.10. The number of aliphatic hydroxyl groups is 1. The van der Waals surface area contributed by atoms with Crippen LogP contribution in [0.15, 0.2) is 36.5 Å². The smallest absolute Gasteiger partial charge is 0.413 e. The number of benzene rings is 1. The zero-order chi connectivity index (χ0) is 14.7. The van der Waals surface area contributed by atoms with Gasteiger partial charge in [0.15, 0.2) is 5.13 Å². The summed E-state index contributed by atoms with van der Waals surface area (Å²) < 4.78 is 5.12. The number of aromatic nitrogens is 1. The molecule has 0 aliphatic heterocycles. The van der Waals surface area contributed by atoms with Gasteiger partial charge in [-0.25, -0.2) is 9.78 Å². The van der Waals surface area contributed by atoms with Crippen molar-refractivity contribution in [2.24, 2.45) is 0 Å². The molecule has 1 aromatic carbocycles. The predicted molar refractivity (Wildman–Crippen MR) is 80.1 cm³/mol. The molecule has 2 N–H and O–H groups in total. The van der Waals surface area contributed by atoms with Gasteiger partial charge in [0.2, 0.25) is 0 Å². The van der Waals surface area contributed by atoms with Crippen molar-refractivity contribution in [1.29, 1.82) is 0 Å². The number of carbonyl (C=O) groups is 1. The lowest BCUT2D eigenvalue weighted by molar-refractivity contribution is -0.0356. The first-order valence-electron chi connectivity index (χ1n) is 6.82. The number of nitrogens with zero attached hydrogens (tertiary/aromatic N) is 1. The van der Waals surface area contributed by atoms with Gasteiger partial charge in [-0.15, -0.1) is 0 Å². The summed E-state index contributed by atoms with van der Waals surface area (Å²) in [5, 5.41) is 13.2. The minimum atomic E-state index is -0.745. The van der Waals surface area contributed by atoms with Crippen LogP contribution in [-0.2, 0) is 16.9 Å². The van der Waals surface area contributed by atoms with Crippen LogP contribution in [0.25, 0.3) is 0 Å². The van der Waals surface area contributed by atoms with E-state index in [1.54, 1.807) is 6.20 Å². The molecule has 6 heteroatoms. The zero-order valence-corrected chi connectivity index (χ0v) is 12.2. The van der Waals surface area contributed by atoms with Crippen LogP contribution in [0.2, 0.25) is 0 Å². The Balaban J connectivity index is 1.53. The Morgan fingerprint density at radius 1 is 1.38 bits per heavy atom. The lowest BCUT2D eigenvalue weighted by Crippen LogP contribution is -2.32. The minimum Gasteiger partial charge on any atom is -0.444 e. The number of amides is 1. The van der Waals surface area contributed by atoms with Crippen molar-refractivity contribution < 1.29 is 14.6 Å². The van der Waals surface area contributed by atoms with E-state index >= 15 is 0 Å². The first-order chi connectivity index (χ1) is 10.2. The molecule has 0 bridgehead atoms. The predicted octanol–water partition coefficient (Wildman–Crippen LogP) is 3.26. The SMILES string of the molecule is O=C(Nc1ncc(C2(O)CCC2)s1)OCc1ccccc1. The molecule has 3 rings (SSSR count). The molecule has 0 unspecified atom stereocenters. The summed E-state index contributed by atoms with van der Waals surface area (Å²) in [4.78, 5) is 16.6. The maximum atomic E-state index is 11.7. The van der Waals surface area contributed by atoms with E-state index in [0.29, 0.717) is 5.13 Å². The van der Waals surface area contributed by atoms with Gasteiger partial charge >= 0.3 is 6.09 Å². The summed E-state index contributed by atoms with van der Waals surface area (Å²) in [5.41, 5.74) is 0.183. The molecule has 1 aliphatic rings. The third kappa shape index (κ3) is 3.22. The Morgan fingerprint density at radius 3 is 2.81 bits per heavy atom. The molecule has 1 amide bonds. The van der Waals surface area contributed by atoms with Gasteiger partial charge in [0.25, 0.3) is 0 Å². The highest BCUT2D eigenvalue weighted by atomic mass is 32.1. The third-order valence-corrected chi connectivity index (χ3v) is 4.67. The first-order valence-corrected chi connectivity index (χ1v) is 7.64. The molecule has 0 atom stereocenters. The van der Waals surface area contributed by atoms with Crippen LogP contribution in [0.1, 0.15) is 29.7 Å². The topological polar surface area (TPSA) is 71.5 Å². The first kappa shape index (κ1) is 14.0. The average molecular weight is 304 g/mol. The van der Waals surface area contributed by atoms with Gasteiger partial charge in [-0.1, -0.05) is 41.7 Å². The Kier molecular flexibility index (Phi) is 3.90. The van der Waals surface area contributed by atoms with E-state index in [-0.39, 0.29) is 6.61 Å². The van der Waals surface area contributed by atoms with Crippen LogP contribution in [0, 0.1) is 0 Å². The van der Waals surface area contributed by atoms with Crippen molar-refractivity contribution >= 4 is 22.6 Å². The van der Waals surface area contributed by atoms with Gasteiger partial charge in [0.05, 0.1) is 4.88 Å². The van der Waals surface area contributed by atoms with Crippen LogP contribution in [-0.4, -0.2) is 16.2 Å². The highest BCUT2D eigenvalue weighted by molar-refractivity contribution is 7.15. The molecule has 1 saturated carbocycles. The van der Waals surface area contributed by atoms with E-state index in [1.807, 2.05) is 30.3 Å². The lowest BCUT2D eigenvalue weighted by atomic mass is 9.79. The Hall–Kier alpha value is -1.92. The number of carbonyl (C=O) groups excluding carboxylic acids is 1. The standard InChI is InChI=1S/C15H16N2O3S/c18-14(20-10-11-5-2-1-3-6-11)17-13-16-9-12(21-13)15(19)7-4-8-15/h1-3,5-6,9,19H,4,7-8,10H2,(H,16,17,18). The Labute approximate surface area is 126 Å². The Morgan fingerprint density at radius 2 is 2.14 bits per heavy atom. The average Bonchev–Trinajstić information content (AvgIpc) is 2.92. The number of nitrogens with one attached hydrogen (secondary N) is 1. The van der Waals surface area contributed by atoms with Gasteiger partial charge in [-0.2, -0.15) is 0 Å². The fourth-order valence-electron chi connectivity index (χ4n) is 2.15. The van der Waals surface area contributed by atoms with Gasteiger partial charge in [0.1, 0.15) is 12.2 Å². The largest absolute Gasteiger partial charge is 0.444 e. The van der Waals surface area contributed by atoms with Gasteiger partial charge in [-0.3, -0.25) is 5.32 Å². The number of anilines is 1. The van der Waals surface area contributed by atoms with E-state index in [1.165, 1.54) is 11.3 Å². The van der Waals surface area contributed by atoms with Gasteiger partial charge in [0, 0.05) is 6.20 Å². The fraction of sp³-hybridized carbons (Fsp3) is 0.333. The number of hydrogen-bond acceptors (Lipinski definition) is 5. The highest BCUT2D eigenvalue weighted by Crippen LogP contribution is 2.43. The fourth-order valence-corrected chi connectivity index (χ4v) is 3.10. The second-order valence-corrected chi connectivity index (χ2v) is 6.13. The third-order valence-electron chi connectivity index (χ3n) is 3.57. The van der Waals surface area contributed by atoms with E-state index in [2.05, 4.69) is 10.3 Å². The molecule has 0 radical (unpaired) electrons. The van der Waals surface area contributed by atoms with Crippen molar-refractivity contribution in [2.45, 2.75) is 31.5 Å². The summed E-state index contributed by atoms with van der Waals surface area (Å²) in [5.74, 6) is 0. The maximum absolute atomic E-state index is 11.7. The molecule has 0 spiro atoms. The molecule has 0 saturated heterocycles. The molecule has 5 nitrogen and oxygen atoms in total. The maximum Gasteiger partial charge on any atom is 0.413 e.